The smallest absolute Gasteiger partial charge is 0.277 e. The first-order valence-electron chi connectivity index (χ1n) is 9.71. The van der Waals surface area contributed by atoms with E-state index >= 15 is 0 Å². The van der Waals surface area contributed by atoms with Gasteiger partial charge < -0.3 is 10.1 Å². The van der Waals surface area contributed by atoms with Crippen LogP contribution < -0.4 is 10.1 Å². The van der Waals surface area contributed by atoms with E-state index in [-0.39, 0.29) is 11.9 Å². The number of nitrogens with zero attached hydrogens (tertiary/aromatic N) is 4. The zero-order chi connectivity index (χ0) is 21.1. The van der Waals surface area contributed by atoms with Crippen LogP contribution in [-0.2, 0) is 0 Å². The molecule has 0 atom stereocenters. The summed E-state index contributed by atoms with van der Waals surface area (Å²) in [7, 11) is 1.63. The molecule has 2 aromatic heterocycles. The van der Waals surface area contributed by atoms with Gasteiger partial charge in [-0.1, -0.05) is 18.2 Å². The van der Waals surface area contributed by atoms with Gasteiger partial charge in [-0.3, -0.25) is 4.79 Å². The molecule has 0 radical (unpaired) electrons. The zero-order valence-electron chi connectivity index (χ0n) is 17.1. The number of para-hydroxylation sites is 1. The monoisotopic (exact) mass is 401 g/mol. The Balaban J connectivity index is 1.73. The van der Waals surface area contributed by atoms with Crippen molar-refractivity contribution in [2.45, 2.75) is 19.9 Å². The average Bonchev–Trinajstić information content (AvgIpc) is 3.42. The van der Waals surface area contributed by atoms with Crippen LogP contribution in [0, 0.1) is 0 Å². The SMILES string of the molecule is COc1ccc(-c2cc(C(=O)Nc3ccnn3C(C)C)nn2-c2ccccc2)cc1. The first kappa shape index (κ1) is 19.4. The van der Waals surface area contributed by atoms with Crippen molar-refractivity contribution in [3.05, 3.63) is 78.6 Å². The third-order valence-corrected chi connectivity index (χ3v) is 4.73. The minimum Gasteiger partial charge on any atom is -0.497 e. The van der Waals surface area contributed by atoms with Crippen molar-refractivity contribution in [1.82, 2.24) is 19.6 Å². The van der Waals surface area contributed by atoms with E-state index in [2.05, 4.69) is 15.5 Å². The number of rotatable bonds is 6. The zero-order valence-corrected chi connectivity index (χ0v) is 17.1. The molecule has 0 aliphatic rings. The van der Waals surface area contributed by atoms with E-state index in [1.165, 1.54) is 0 Å². The van der Waals surface area contributed by atoms with E-state index in [0.717, 1.165) is 22.7 Å². The summed E-state index contributed by atoms with van der Waals surface area (Å²) in [5, 5.41) is 11.8. The summed E-state index contributed by atoms with van der Waals surface area (Å²) in [5.74, 6) is 1.11. The van der Waals surface area contributed by atoms with Crippen LogP contribution in [0.15, 0.2) is 72.9 Å². The fourth-order valence-electron chi connectivity index (χ4n) is 3.23. The number of anilines is 1. The van der Waals surface area contributed by atoms with Crippen LogP contribution in [0.2, 0.25) is 0 Å². The molecular formula is C23H23N5O2. The van der Waals surface area contributed by atoms with Crippen LogP contribution in [0.3, 0.4) is 0 Å². The lowest BCUT2D eigenvalue weighted by atomic mass is 10.1. The Morgan fingerprint density at radius 2 is 1.77 bits per heavy atom. The quantitative estimate of drug-likeness (QED) is 0.513. The van der Waals surface area contributed by atoms with Gasteiger partial charge in [-0.15, -0.1) is 0 Å². The molecule has 0 aliphatic heterocycles. The summed E-state index contributed by atoms with van der Waals surface area (Å²) < 4.78 is 8.79. The lowest BCUT2D eigenvalue weighted by molar-refractivity contribution is 0.102. The van der Waals surface area contributed by atoms with Crippen LogP contribution in [0.5, 0.6) is 5.75 Å². The van der Waals surface area contributed by atoms with Crippen LogP contribution in [0.4, 0.5) is 5.82 Å². The minimum absolute atomic E-state index is 0.132. The topological polar surface area (TPSA) is 74.0 Å². The van der Waals surface area contributed by atoms with Gasteiger partial charge in [0.1, 0.15) is 11.6 Å². The summed E-state index contributed by atoms with van der Waals surface area (Å²) >= 11 is 0. The highest BCUT2D eigenvalue weighted by Crippen LogP contribution is 2.26. The van der Waals surface area contributed by atoms with E-state index in [0.29, 0.717) is 11.5 Å². The van der Waals surface area contributed by atoms with Crippen LogP contribution in [0.25, 0.3) is 16.9 Å². The summed E-state index contributed by atoms with van der Waals surface area (Å²) in [6.07, 6.45) is 1.67. The Bertz CT molecular complexity index is 1140. The normalized spacial score (nSPS) is 10.9. The maximum atomic E-state index is 13.0. The van der Waals surface area contributed by atoms with Crippen molar-refractivity contribution < 1.29 is 9.53 Å². The molecule has 0 unspecified atom stereocenters. The van der Waals surface area contributed by atoms with Gasteiger partial charge in [-0.25, -0.2) is 9.36 Å². The molecule has 0 saturated heterocycles. The Kier molecular flexibility index (Phi) is 5.34. The number of carbonyl (C=O) groups is 1. The standard InChI is InChI=1S/C23H23N5O2/c1-16(2)27-22(13-14-24-27)25-23(29)20-15-21(17-9-11-19(30-3)12-10-17)28(26-20)18-7-5-4-6-8-18/h4-16H,1-3H3,(H,25,29). The number of aromatic nitrogens is 4. The molecule has 1 amide bonds. The molecule has 30 heavy (non-hydrogen) atoms. The van der Waals surface area contributed by atoms with Gasteiger partial charge in [-0.2, -0.15) is 10.2 Å². The van der Waals surface area contributed by atoms with Crippen molar-refractivity contribution in [2.24, 2.45) is 0 Å². The Morgan fingerprint density at radius 3 is 2.43 bits per heavy atom. The van der Waals surface area contributed by atoms with Gasteiger partial charge in [0.2, 0.25) is 0 Å². The number of methoxy groups -OCH3 is 1. The number of amides is 1. The van der Waals surface area contributed by atoms with E-state index in [4.69, 9.17) is 4.74 Å². The molecule has 0 fully saturated rings. The van der Waals surface area contributed by atoms with Crippen molar-refractivity contribution in [3.8, 4) is 22.7 Å². The van der Waals surface area contributed by atoms with Crippen LogP contribution in [-0.4, -0.2) is 32.6 Å². The molecule has 2 aromatic carbocycles. The molecule has 0 aliphatic carbocycles. The second kappa shape index (κ2) is 8.24. The van der Waals surface area contributed by atoms with Crippen molar-refractivity contribution >= 4 is 11.7 Å². The number of hydrogen-bond acceptors (Lipinski definition) is 4. The second-order valence-corrected chi connectivity index (χ2v) is 7.10. The largest absolute Gasteiger partial charge is 0.497 e. The van der Waals surface area contributed by atoms with E-state index in [1.54, 1.807) is 34.8 Å². The third-order valence-electron chi connectivity index (χ3n) is 4.73. The van der Waals surface area contributed by atoms with Crippen molar-refractivity contribution in [1.29, 1.82) is 0 Å². The summed E-state index contributed by atoms with van der Waals surface area (Å²) in [5.41, 5.74) is 2.93. The molecule has 0 saturated carbocycles. The number of ether oxygens (including phenoxy) is 1. The first-order chi connectivity index (χ1) is 14.6. The lowest BCUT2D eigenvalue weighted by Crippen LogP contribution is -2.17. The Morgan fingerprint density at radius 1 is 1.03 bits per heavy atom. The Labute approximate surface area is 174 Å². The number of hydrogen-bond donors (Lipinski definition) is 1. The van der Waals surface area contributed by atoms with Gasteiger partial charge in [0.15, 0.2) is 5.69 Å². The van der Waals surface area contributed by atoms with Gasteiger partial charge in [0.05, 0.1) is 24.7 Å². The lowest BCUT2D eigenvalue weighted by Gasteiger charge is -2.10. The predicted molar refractivity (Wildman–Crippen MR) is 116 cm³/mol. The highest BCUT2D eigenvalue weighted by Gasteiger charge is 2.18. The maximum Gasteiger partial charge on any atom is 0.277 e. The summed E-state index contributed by atoms with van der Waals surface area (Å²) in [6, 6.07) is 21.1. The van der Waals surface area contributed by atoms with Gasteiger partial charge in [0, 0.05) is 17.7 Å². The van der Waals surface area contributed by atoms with E-state index in [1.807, 2.05) is 68.4 Å². The highest BCUT2D eigenvalue weighted by atomic mass is 16.5. The summed E-state index contributed by atoms with van der Waals surface area (Å²) in [4.78, 5) is 13.0. The molecule has 1 N–H and O–H groups in total. The molecule has 0 spiro atoms. The van der Waals surface area contributed by atoms with E-state index < -0.39 is 0 Å². The van der Waals surface area contributed by atoms with Crippen LogP contribution >= 0.6 is 0 Å². The van der Waals surface area contributed by atoms with E-state index in [9.17, 15) is 4.79 Å². The van der Waals surface area contributed by atoms with Gasteiger partial charge >= 0.3 is 0 Å². The van der Waals surface area contributed by atoms with Crippen molar-refractivity contribution in [2.75, 3.05) is 12.4 Å². The second-order valence-electron chi connectivity index (χ2n) is 7.10. The average molecular weight is 401 g/mol. The third kappa shape index (κ3) is 3.82. The van der Waals surface area contributed by atoms with Crippen molar-refractivity contribution in [3.63, 3.8) is 0 Å². The highest BCUT2D eigenvalue weighted by molar-refractivity contribution is 6.03. The predicted octanol–water partition coefficient (Wildman–Crippen LogP) is 4.58. The first-order valence-corrected chi connectivity index (χ1v) is 9.71. The molecule has 152 valence electrons. The fourth-order valence-corrected chi connectivity index (χ4v) is 3.23. The fraction of sp³-hybridized carbons (Fsp3) is 0.174. The molecule has 4 rings (SSSR count). The number of benzene rings is 2. The van der Waals surface area contributed by atoms with Gasteiger partial charge in [-0.05, 0) is 56.3 Å². The maximum absolute atomic E-state index is 13.0. The molecular weight excluding hydrogens is 378 g/mol. The number of carbonyl (C=O) groups excluding carboxylic acids is 1. The van der Waals surface area contributed by atoms with Gasteiger partial charge in [0.25, 0.3) is 5.91 Å². The molecule has 2 heterocycles. The van der Waals surface area contributed by atoms with Crippen LogP contribution in [0.1, 0.15) is 30.4 Å². The Hall–Kier alpha value is -3.87. The molecule has 7 heteroatoms. The number of nitrogens with one attached hydrogen (secondary N) is 1. The summed E-state index contributed by atoms with van der Waals surface area (Å²) in [6.45, 7) is 4.02. The molecule has 0 bridgehead atoms. The molecule has 7 nitrogen and oxygen atoms in total. The minimum atomic E-state index is -0.290. The molecule has 4 aromatic rings.